The van der Waals surface area contributed by atoms with Crippen LogP contribution in [0.5, 0.6) is 0 Å². The van der Waals surface area contributed by atoms with Gasteiger partial charge < -0.3 is 4.90 Å². The van der Waals surface area contributed by atoms with E-state index >= 15 is 0 Å². The normalized spacial score (nSPS) is 19.9. The molecule has 3 heteroatoms. The fraction of sp³-hybridized carbons (Fsp3) is 0.308. The molecule has 0 aromatic heterocycles. The molecule has 2 nitrogen and oxygen atoms in total. The van der Waals surface area contributed by atoms with E-state index < -0.39 is 0 Å². The summed E-state index contributed by atoms with van der Waals surface area (Å²) in [6, 6.07) is 5.90. The number of rotatable bonds is 1. The SMILES string of the molecule is C#CC1CC(=O)N(c2ccc(Br)cc2C)C1. The molecule has 82 valence electrons. The molecule has 1 heterocycles. The third-order valence-corrected chi connectivity index (χ3v) is 3.30. The van der Waals surface area contributed by atoms with E-state index in [2.05, 4.69) is 21.9 Å². The van der Waals surface area contributed by atoms with Crippen LogP contribution in [0.2, 0.25) is 0 Å². The molecule has 1 amide bonds. The first-order valence-corrected chi connectivity index (χ1v) is 5.93. The Morgan fingerprint density at radius 3 is 2.88 bits per heavy atom. The minimum Gasteiger partial charge on any atom is -0.311 e. The molecule has 2 rings (SSSR count). The molecule has 0 bridgehead atoms. The van der Waals surface area contributed by atoms with Gasteiger partial charge in [0.15, 0.2) is 0 Å². The van der Waals surface area contributed by atoms with Crippen molar-refractivity contribution in [1.82, 2.24) is 0 Å². The Morgan fingerprint density at radius 1 is 1.56 bits per heavy atom. The van der Waals surface area contributed by atoms with Crippen LogP contribution in [0.25, 0.3) is 0 Å². The van der Waals surface area contributed by atoms with Crippen molar-refractivity contribution in [3.63, 3.8) is 0 Å². The Bertz CT molecular complexity index is 475. The number of carbonyl (C=O) groups excluding carboxylic acids is 1. The number of halogens is 1. The highest BCUT2D eigenvalue weighted by atomic mass is 79.9. The highest BCUT2D eigenvalue weighted by Crippen LogP contribution is 2.29. The number of anilines is 1. The van der Waals surface area contributed by atoms with Gasteiger partial charge in [-0.3, -0.25) is 4.79 Å². The highest BCUT2D eigenvalue weighted by molar-refractivity contribution is 9.10. The lowest BCUT2D eigenvalue weighted by Gasteiger charge is -2.18. The predicted molar refractivity (Wildman–Crippen MR) is 68.2 cm³/mol. The molecule has 1 fully saturated rings. The lowest BCUT2D eigenvalue weighted by Crippen LogP contribution is -2.25. The molecule has 0 aliphatic carbocycles. The molecule has 0 saturated carbocycles. The zero-order chi connectivity index (χ0) is 11.7. The van der Waals surface area contributed by atoms with Crippen molar-refractivity contribution < 1.29 is 4.79 Å². The first kappa shape index (κ1) is 11.2. The summed E-state index contributed by atoms with van der Waals surface area (Å²) >= 11 is 3.41. The molecule has 1 aliphatic heterocycles. The second kappa shape index (κ2) is 4.31. The molecule has 1 saturated heterocycles. The van der Waals surface area contributed by atoms with Gasteiger partial charge in [-0.25, -0.2) is 0 Å². The summed E-state index contributed by atoms with van der Waals surface area (Å²) in [5.41, 5.74) is 2.05. The quantitative estimate of drug-likeness (QED) is 0.723. The van der Waals surface area contributed by atoms with Crippen LogP contribution in [0, 0.1) is 25.2 Å². The zero-order valence-corrected chi connectivity index (χ0v) is 10.6. The van der Waals surface area contributed by atoms with Gasteiger partial charge >= 0.3 is 0 Å². The van der Waals surface area contributed by atoms with E-state index in [4.69, 9.17) is 6.42 Å². The molecule has 0 radical (unpaired) electrons. The molecule has 1 atom stereocenters. The number of hydrogen-bond donors (Lipinski definition) is 0. The van der Waals surface area contributed by atoms with Gasteiger partial charge in [-0.15, -0.1) is 12.3 Å². The predicted octanol–water partition coefficient (Wildman–Crippen LogP) is 2.74. The zero-order valence-electron chi connectivity index (χ0n) is 9.03. The molecular formula is C13H12BrNO. The second-order valence-corrected chi connectivity index (χ2v) is 4.92. The first-order valence-electron chi connectivity index (χ1n) is 5.14. The van der Waals surface area contributed by atoms with Gasteiger partial charge in [0, 0.05) is 29.0 Å². The summed E-state index contributed by atoms with van der Waals surface area (Å²) in [5.74, 6) is 2.82. The van der Waals surface area contributed by atoms with Crippen LogP contribution in [0.3, 0.4) is 0 Å². The lowest BCUT2D eigenvalue weighted by atomic mass is 10.1. The molecule has 1 aromatic rings. The average Bonchev–Trinajstić information content (AvgIpc) is 2.60. The van der Waals surface area contributed by atoms with E-state index in [1.165, 1.54) is 0 Å². The number of carbonyl (C=O) groups is 1. The fourth-order valence-electron chi connectivity index (χ4n) is 1.97. The van der Waals surface area contributed by atoms with Crippen molar-refractivity contribution in [3.8, 4) is 12.3 Å². The smallest absolute Gasteiger partial charge is 0.228 e. The van der Waals surface area contributed by atoms with E-state index in [1.807, 2.05) is 25.1 Å². The van der Waals surface area contributed by atoms with Crippen LogP contribution in [0.4, 0.5) is 5.69 Å². The maximum Gasteiger partial charge on any atom is 0.228 e. The monoisotopic (exact) mass is 277 g/mol. The van der Waals surface area contributed by atoms with Crippen LogP contribution in [-0.4, -0.2) is 12.5 Å². The Balaban J connectivity index is 2.32. The summed E-state index contributed by atoms with van der Waals surface area (Å²) in [7, 11) is 0. The van der Waals surface area contributed by atoms with Crippen LogP contribution in [0.1, 0.15) is 12.0 Å². The van der Waals surface area contributed by atoms with Gasteiger partial charge in [0.1, 0.15) is 0 Å². The van der Waals surface area contributed by atoms with E-state index in [0.29, 0.717) is 13.0 Å². The van der Waals surface area contributed by atoms with Crippen LogP contribution < -0.4 is 4.90 Å². The standard InChI is InChI=1S/C13H12BrNO/c1-3-10-7-13(16)15(8-10)12-5-4-11(14)6-9(12)2/h1,4-6,10H,7-8H2,2H3. The molecule has 16 heavy (non-hydrogen) atoms. The minimum atomic E-state index is 0.0514. The number of nitrogens with zero attached hydrogens (tertiary/aromatic N) is 1. The molecule has 0 spiro atoms. The minimum absolute atomic E-state index is 0.0514. The van der Waals surface area contributed by atoms with E-state index in [9.17, 15) is 4.79 Å². The molecular weight excluding hydrogens is 266 g/mol. The van der Waals surface area contributed by atoms with Crippen molar-refractivity contribution in [2.75, 3.05) is 11.4 Å². The van der Waals surface area contributed by atoms with E-state index in [1.54, 1.807) is 4.90 Å². The van der Waals surface area contributed by atoms with Gasteiger partial charge in [-0.2, -0.15) is 0 Å². The van der Waals surface area contributed by atoms with Crippen LogP contribution >= 0.6 is 15.9 Å². The Labute approximate surface area is 104 Å². The first-order chi connectivity index (χ1) is 7.61. The van der Waals surface area contributed by atoms with Crippen molar-refractivity contribution >= 4 is 27.5 Å². The molecule has 0 N–H and O–H groups in total. The number of terminal acetylenes is 1. The van der Waals surface area contributed by atoms with Crippen molar-refractivity contribution in [3.05, 3.63) is 28.2 Å². The van der Waals surface area contributed by atoms with Gasteiger partial charge in [0.2, 0.25) is 5.91 Å². The van der Waals surface area contributed by atoms with Crippen molar-refractivity contribution in [2.24, 2.45) is 5.92 Å². The molecule has 1 unspecified atom stereocenters. The Kier molecular flexibility index (Phi) is 3.02. The number of amides is 1. The molecule has 1 aliphatic rings. The van der Waals surface area contributed by atoms with Gasteiger partial charge in [-0.05, 0) is 30.7 Å². The lowest BCUT2D eigenvalue weighted by molar-refractivity contribution is -0.117. The largest absolute Gasteiger partial charge is 0.311 e. The van der Waals surface area contributed by atoms with Crippen LogP contribution in [0.15, 0.2) is 22.7 Å². The molecule has 1 aromatic carbocycles. The van der Waals surface area contributed by atoms with E-state index in [0.717, 1.165) is 15.7 Å². The van der Waals surface area contributed by atoms with Crippen molar-refractivity contribution in [2.45, 2.75) is 13.3 Å². The van der Waals surface area contributed by atoms with Gasteiger partial charge in [-0.1, -0.05) is 15.9 Å². The summed E-state index contributed by atoms with van der Waals surface area (Å²) in [4.78, 5) is 13.6. The third-order valence-electron chi connectivity index (χ3n) is 2.81. The summed E-state index contributed by atoms with van der Waals surface area (Å²) in [5, 5.41) is 0. The summed E-state index contributed by atoms with van der Waals surface area (Å²) in [6.07, 6.45) is 5.83. The van der Waals surface area contributed by atoms with Gasteiger partial charge in [0.05, 0.1) is 0 Å². The topological polar surface area (TPSA) is 20.3 Å². The average molecular weight is 278 g/mol. The number of hydrogen-bond acceptors (Lipinski definition) is 1. The number of aryl methyl sites for hydroxylation is 1. The third kappa shape index (κ3) is 1.98. The van der Waals surface area contributed by atoms with E-state index in [-0.39, 0.29) is 11.8 Å². The van der Waals surface area contributed by atoms with Crippen molar-refractivity contribution in [1.29, 1.82) is 0 Å². The Morgan fingerprint density at radius 2 is 2.31 bits per heavy atom. The fourth-order valence-corrected chi connectivity index (χ4v) is 2.45. The maximum absolute atomic E-state index is 11.8. The Hall–Kier alpha value is -1.27. The number of benzene rings is 1. The second-order valence-electron chi connectivity index (χ2n) is 4.00. The van der Waals surface area contributed by atoms with Crippen LogP contribution in [-0.2, 0) is 4.79 Å². The maximum atomic E-state index is 11.8. The van der Waals surface area contributed by atoms with Gasteiger partial charge in [0.25, 0.3) is 0 Å². The highest BCUT2D eigenvalue weighted by Gasteiger charge is 2.29. The summed E-state index contributed by atoms with van der Waals surface area (Å²) < 4.78 is 1.02. The summed E-state index contributed by atoms with van der Waals surface area (Å²) in [6.45, 7) is 2.63.